The van der Waals surface area contributed by atoms with Gasteiger partial charge in [0.25, 0.3) is 11.7 Å². The molecule has 1 aliphatic rings. The maximum absolute atomic E-state index is 13.4. The Kier molecular flexibility index (Phi) is 5.98. The molecule has 0 spiro atoms. The Morgan fingerprint density at radius 3 is 2.41 bits per heavy atom. The number of methoxy groups -OCH3 is 2. The van der Waals surface area contributed by atoms with E-state index in [0.29, 0.717) is 16.9 Å². The number of nitrogens with zero attached hydrogens (tertiary/aromatic N) is 1. The zero-order valence-corrected chi connectivity index (χ0v) is 16.4. The molecule has 1 heterocycles. The van der Waals surface area contributed by atoms with Crippen LogP contribution in [0.3, 0.4) is 0 Å². The molecular weight excluding hydrogens is 377 g/mol. The number of ketones is 1. The number of aliphatic hydroxyl groups excluding tert-OH is 1. The Bertz CT molecular complexity index is 968. The number of hydrogen-bond donors (Lipinski definition) is 1. The van der Waals surface area contributed by atoms with Gasteiger partial charge in [0.15, 0.2) is 0 Å². The number of hydrogen-bond acceptors (Lipinski definition) is 5. The molecule has 0 aliphatic carbocycles. The van der Waals surface area contributed by atoms with Crippen molar-refractivity contribution >= 4 is 17.4 Å². The Hall–Kier alpha value is -3.19. The highest BCUT2D eigenvalue weighted by molar-refractivity contribution is 6.46. The van der Waals surface area contributed by atoms with Crippen LogP contribution in [-0.2, 0) is 14.3 Å². The number of halogens is 1. The van der Waals surface area contributed by atoms with Gasteiger partial charge in [0.1, 0.15) is 17.3 Å². The molecule has 0 aromatic heterocycles. The molecule has 3 rings (SSSR count). The van der Waals surface area contributed by atoms with Crippen LogP contribution in [0.15, 0.2) is 48.0 Å². The monoisotopic (exact) mass is 399 g/mol. The lowest BCUT2D eigenvalue weighted by Crippen LogP contribution is -2.32. The maximum atomic E-state index is 13.4. The Balaban J connectivity index is 2.15. The molecule has 0 saturated carbocycles. The van der Waals surface area contributed by atoms with Crippen LogP contribution in [-0.4, -0.2) is 49.1 Å². The summed E-state index contributed by atoms with van der Waals surface area (Å²) in [5.41, 5.74) is 1.64. The van der Waals surface area contributed by atoms with Crippen LogP contribution in [0.2, 0.25) is 0 Å². The lowest BCUT2D eigenvalue weighted by molar-refractivity contribution is -0.140. The van der Waals surface area contributed by atoms with Gasteiger partial charge in [-0.3, -0.25) is 9.59 Å². The maximum Gasteiger partial charge on any atom is 0.295 e. The quantitative estimate of drug-likeness (QED) is 0.459. The molecule has 1 N–H and O–H groups in total. The number of carbonyl (C=O) groups excluding carboxylic acids is 2. The Morgan fingerprint density at radius 1 is 1.14 bits per heavy atom. The molecule has 152 valence electrons. The normalized spacial score (nSPS) is 18.3. The van der Waals surface area contributed by atoms with E-state index in [-0.39, 0.29) is 24.5 Å². The molecule has 0 bridgehead atoms. The number of aliphatic hydroxyl groups is 1. The molecular formula is C22H22FNO5. The average Bonchev–Trinajstić information content (AvgIpc) is 2.96. The topological polar surface area (TPSA) is 76.1 Å². The molecule has 1 fully saturated rings. The van der Waals surface area contributed by atoms with Gasteiger partial charge in [-0.1, -0.05) is 12.1 Å². The van der Waals surface area contributed by atoms with Crippen molar-refractivity contribution in [1.29, 1.82) is 0 Å². The standard InChI is InChI=1S/C22H22FNO5/c1-13-12-15(6-9-17(13)29-3)20(25)18-19(14-4-7-16(23)8-5-14)24(10-11-28-2)22(27)21(18)26/h4-9,12,19,25H,10-11H2,1-3H3/b20-18+/t19-/m0/s1. The molecule has 2 aromatic carbocycles. The molecule has 29 heavy (non-hydrogen) atoms. The van der Waals surface area contributed by atoms with Crippen molar-refractivity contribution in [2.75, 3.05) is 27.4 Å². The van der Waals surface area contributed by atoms with Crippen LogP contribution in [0.1, 0.15) is 22.7 Å². The van der Waals surface area contributed by atoms with Crippen molar-refractivity contribution in [3.05, 3.63) is 70.5 Å². The van der Waals surface area contributed by atoms with Gasteiger partial charge in [0, 0.05) is 19.2 Å². The molecule has 1 amide bonds. The van der Waals surface area contributed by atoms with E-state index in [2.05, 4.69) is 0 Å². The number of carbonyl (C=O) groups is 2. The number of amides is 1. The minimum atomic E-state index is -0.840. The minimum Gasteiger partial charge on any atom is -0.507 e. The Labute approximate surface area is 168 Å². The summed E-state index contributed by atoms with van der Waals surface area (Å²) in [6.07, 6.45) is 0. The first-order chi connectivity index (χ1) is 13.9. The fourth-order valence-electron chi connectivity index (χ4n) is 3.47. The highest BCUT2D eigenvalue weighted by atomic mass is 19.1. The van der Waals surface area contributed by atoms with Crippen molar-refractivity contribution in [1.82, 2.24) is 4.90 Å². The Morgan fingerprint density at radius 2 is 1.83 bits per heavy atom. The number of Topliss-reactive ketones (excluding diaryl/α,β-unsaturated/α-hetero) is 1. The van der Waals surface area contributed by atoms with Gasteiger partial charge in [0.2, 0.25) is 0 Å². The van der Waals surface area contributed by atoms with Crippen molar-refractivity contribution < 1.29 is 28.6 Å². The predicted octanol–water partition coefficient (Wildman–Crippen LogP) is 3.21. The van der Waals surface area contributed by atoms with Crippen LogP contribution in [0.25, 0.3) is 5.76 Å². The molecule has 1 aliphatic heterocycles. The van der Waals surface area contributed by atoms with E-state index in [9.17, 15) is 19.1 Å². The number of aryl methyl sites for hydroxylation is 1. The van der Waals surface area contributed by atoms with Gasteiger partial charge in [0.05, 0.1) is 25.3 Å². The summed E-state index contributed by atoms with van der Waals surface area (Å²) in [6.45, 7) is 2.18. The third-order valence-corrected chi connectivity index (χ3v) is 4.93. The molecule has 1 saturated heterocycles. The summed E-state index contributed by atoms with van der Waals surface area (Å²) in [7, 11) is 3.03. The van der Waals surface area contributed by atoms with E-state index in [1.807, 2.05) is 6.92 Å². The van der Waals surface area contributed by atoms with Crippen molar-refractivity contribution in [2.24, 2.45) is 0 Å². The van der Waals surface area contributed by atoms with E-state index in [0.717, 1.165) is 5.56 Å². The van der Waals surface area contributed by atoms with E-state index in [1.165, 1.54) is 43.4 Å². The summed E-state index contributed by atoms with van der Waals surface area (Å²) in [5, 5.41) is 11.0. The largest absolute Gasteiger partial charge is 0.507 e. The van der Waals surface area contributed by atoms with Crippen LogP contribution in [0.4, 0.5) is 4.39 Å². The SMILES string of the molecule is COCCN1C(=O)C(=O)/C(=C(/O)c2ccc(OC)c(C)c2)[C@@H]1c1ccc(F)cc1. The van der Waals surface area contributed by atoms with Gasteiger partial charge < -0.3 is 19.5 Å². The molecule has 7 heteroatoms. The zero-order chi connectivity index (χ0) is 21.1. The molecule has 0 radical (unpaired) electrons. The lowest BCUT2D eigenvalue weighted by Gasteiger charge is -2.25. The first kappa shape index (κ1) is 20.5. The number of likely N-dealkylation sites (tertiary alicyclic amines) is 1. The fourth-order valence-corrected chi connectivity index (χ4v) is 3.47. The second-order valence-electron chi connectivity index (χ2n) is 6.72. The highest BCUT2D eigenvalue weighted by Gasteiger charge is 2.45. The van der Waals surface area contributed by atoms with Gasteiger partial charge >= 0.3 is 0 Å². The van der Waals surface area contributed by atoms with Crippen molar-refractivity contribution in [2.45, 2.75) is 13.0 Å². The molecule has 1 atom stereocenters. The predicted molar refractivity (Wildman–Crippen MR) is 105 cm³/mol. The van der Waals surface area contributed by atoms with Crippen LogP contribution < -0.4 is 4.74 Å². The molecule has 2 aromatic rings. The smallest absolute Gasteiger partial charge is 0.295 e. The van der Waals surface area contributed by atoms with E-state index in [4.69, 9.17) is 9.47 Å². The summed E-state index contributed by atoms with van der Waals surface area (Å²) < 4.78 is 23.7. The second-order valence-corrected chi connectivity index (χ2v) is 6.72. The van der Waals surface area contributed by atoms with Crippen LogP contribution >= 0.6 is 0 Å². The van der Waals surface area contributed by atoms with Gasteiger partial charge in [-0.25, -0.2) is 4.39 Å². The zero-order valence-electron chi connectivity index (χ0n) is 16.4. The third-order valence-electron chi connectivity index (χ3n) is 4.93. The van der Waals surface area contributed by atoms with E-state index in [1.54, 1.807) is 18.2 Å². The average molecular weight is 399 g/mol. The van der Waals surface area contributed by atoms with Gasteiger partial charge in [-0.2, -0.15) is 0 Å². The first-order valence-electron chi connectivity index (χ1n) is 9.06. The summed E-state index contributed by atoms with van der Waals surface area (Å²) >= 11 is 0. The van der Waals surface area contributed by atoms with Crippen molar-refractivity contribution in [3.63, 3.8) is 0 Å². The number of ether oxygens (including phenoxy) is 2. The van der Waals surface area contributed by atoms with Crippen LogP contribution in [0.5, 0.6) is 5.75 Å². The fraction of sp³-hybridized carbons (Fsp3) is 0.273. The highest BCUT2D eigenvalue weighted by Crippen LogP contribution is 2.39. The number of benzene rings is 2. The molecule has 0 unspecified atom stereocenters. The van der Waals surface area contributed by atoms with E-state index < -0.39 is 23.5 Å². The van der Waals surface area contributed by atoms with Crippen LogP contribution in [0, 0.1) is 12.7 Å². The van der Waals surface area contributed by atoms with E-state index >= 15 is 0 Å². The summed E-state index contributed by atoms with van der Waals surface area (Å²) in [6, 6.07) is 9.64. The van der Waals surface area contributed by atoms with Gasteiger partial charge in [-0.15, -0.1) is 0 Å². The van der Waals surface area contributed by atoms with Gasteiger partial charge in [-0.05, 0) is 48.4 Å². The third kappa shape index (κ3) is 3.86. The lowest BCUT2D eigenvalue weighted by atomic mass is 9.95. The number of rotatable bonds is 6. The minimum absolute atomic E-state index is 0.0396. The first-order valence-corrected chi connectivity index (χ1v) is 9.06. The second kappa shape index (κ2) is 8.45. The van der Waals surface area contributed by atoms with Crippen molar-refractivity contribution in [3.8, 4) is 5.75 Å². The summed E-state index contributed by atoms with van der Waals surface area (Å²) in [5.74, 6) is -1.61. The molecule has 6 nitrogen and oxygen atoms in total. The summed E-state index contributed by atoms with van der Waals surface area (Å²) in [4.78, 5) is 26.8.